The summed E-state index contributed by atoms with van der Waals surface area (Å²) in [7, 11) is 0. The van der Waals surface area contributed by atoms with Crippen molar-refractivity contribution in [3.63, 3.8) is 0 Å². The summed E-state index contributed by atoms with van der Waals surface area (Å²) in [5.74, 6) is 0.761. The van der Waals surface area contributed by atoms with Crippen LogP contribution in [0.5, 0.6) is 0 Å². The zero-order chi connectivity index (χ0) is 13.5. The summed E-state index contributed by atoms with van der Waals surface area (Å²) in [6.07, 6.45) is 9.01. The summed E-state index contributed by atoms with van der Waals surface area (Å²) in [6.45, 7) is 4.81. The SMILES string of the molecule is CC1(C)CCC(c2cccc(C3(N)CCC3)c2)CC1. The zero-order valence-corrected chi connectivity index (χ0v) is 12.4. The molecule has 0 unspecified atom stereocenters. The largest absolute Gasteiger partial charge is 0.321 e. The second-order valence-corrected chi connectivity index (χ2v) is 7.57. The van der Waals surface area contributed by atoms with E-state index in [4.69, 9.17) is 5.73 Å². The Morgan fingerprint density at radius 1 is 1.05 bits per heavy atom. The summed E-state index contributed by atoms with van der Waals surface area (Å²) in [4.78, 5) is 0. The van der Waals surface area contributed by atoms with Crippen LogP contribution in [0.2, 0.25) is 0 Å². The van der Waals surface area contributed by atoms with E-state index >= 15 is 0 Å². The van der Waals surface area contributed by atoms with Crippen molar-refractivity contribution in [2.24, 2.45) is 11.1 Å². The van der Waals surface area contributed by atoms with Gasteiger partial charge in [0.15, 0.2) is 0 Å². The molecule has 0 atom stereocenters. The van der Waals surface area contributed by atoms with Crippen molar-refractivity contribution in [1.29, 1.82) is 0 Å². The molecule has 1 nitrogen and oxygen atoms in total. The molecule has 2 fully saturated rings. The smallest absolute Gasteiger partial charge is 0.0409 e. The van der Waals surface area contributed by atoms with Gasteiger partial charge in [-0.1, -0.05) is 38.1 Å². The Morgan fingerprint density at radius 2 is 1.74 bits per heavy atom. The van der Waals surface area contributed by atoms with E-state index in [1.807, 2.05) is 0 Å². The van der Waals surface area contributed by atoms with Crippen molar-refractivity contribution in [3.8, 4) is 0 Å². The monoisotopic (exact) mass is 257 g/mol. The average molecular weight is 257 g/mol. The van der Waals surface area contributed by atoms with Crippen molar-refractivity contribution in [2.75, 3.05) is 0 Å². The van der Waals surface area contributed by atoms with Crippen molar-refractivity contribution < 1.29 is 0 Å². The van der Waals surface area contributed by atoms with E-state index in [0.29, 0.717) is 5.41 Å². The molecule has 1 aromatic rings. The third-order valence-electron chi connectivity index (χ3n) is 5.52. The molecule has 2 aliphatic carbocycles. The molecule has 0 saturated heterocycles. The number of benzene rings is 1. The molecule has 1 aromatic carbocycles. The lowest BCUT2D eigenvalue weighted by atomic mass is 9.69. The Morgan fingerprint density at radius 3 is 2.32 bits per heavy atom. The van der Waals surface area contributed by atoms with Crippen LogP contribution in [0.3, 0.4) is 0 Å². The van der Waals surface area contributed by atoms with Crippen LogP contribution in [-0.4, -0.2) is 0 Å². The number of hydrogen-bond donors (Lipinski definition) is 1. The molecular weight excluding hydrogens is 230 g/mol. The average Bonchev–Trinajstić information content (AvgIpc) is 2.36. The van der Waals surface area contributed by atoms with Crippen molar-refractivity contribution >= 4 is 0 Å². The van der Waals surface area contributed by atoms with Crippen LogP contribution in [0.25, 0.3) is 0 Å². The lowest BCUT2D eigenvalue weighted by Gasteiger charge is -2.39. The Balaban J connectivity index is 1.77. The first-order valence-corrected chi connectivity index (χ1v) is 7.88. The quantitative estimate of drug-likeness (QED) is 0.816. The molecule has 0 heterocycles. The van der Waals surface area contributed by atoms with Gasteiger partial charge in [-0.05, 0) is 67.4 Å². The fraction of sp³-hybridized carbons (Fsp3) is 0.667. The van der Waals surface area contributed by atoms with Crippen LogP contribution in [0, 0.1) is 5.41 Å². The molecular formula is C18H27N. The van der Waals surface area contributed by atoms with Gasteiger partial charge in [0.1, 0.15) is 0 Å². The first-order chi connectivity index (χ1) is 8.99. The number of hydrogen-bond acceptors (Lipinski definition) is 1. The number of nitrogens with two attached hydrogens (primary N) is 1. The molecule has 0 bridgehead atoms. The van der Waals surface area contributed by atoms with Crippen LogP contribution in [0.4, 0.5) is 0 Å². The van der Waals surface area contributed by atoms with Crippen molar-refractivity contribution in [3.05, 3.63) is 35.4 Å². The van der Waals surface area contributed by atoms with Gasteiger partial charge < -0.3 is 5.73 Å². The zero-order valence-electron chi connectivity index (χ0n) is 12.4. The Labute approximate surface area is 117 Å². The van der Waals surface area contributed by atoms with Crippen LogP contribution in [-0.2, 0) is 5.54 Å². The fourth-order valence-corrected chi connectivity index (χ4v) is 3.68. The van der Waals surface area contributed by atoms with E-state index in [1.54, 1.807) is 0 Å². The first kappa shape index (κ1) is 13.2. The highest BCUT2D eigenvalue weighted by Gasteiger charge is 2.35. The third-order valence-corrected chi connectivity index (χ3v) is 5.52. The van der Waals surface area contributed by atoms with E-state index < -0.39 is 0 Å². The molecule has 0 aliphatic heterocycles. The topological polar surface area (TPSA) is 26.0 Å². The van der Waals surface area contributed by atoms with Gasteiger partial charge in [0.05, 0.1) is 0 Å². The minimum absolute atomic E-state index is 0.00997. The summed E-state index contributed by atoms with van der Waals surface area (Å²) >= 11 is 0. The lowest BCUT2D eigenvalue weighted by molar-refractivity contribution is 0.223. The molecule has 2 N–H and O–H groups in total. The number of rotatable bonds is 2. The minimum atomic E-state index is -0.00997. The molecule has 0 amide bonds. The molecule has 0 spiro atoms. The van der Waals surface area contributed by atoms with Crippen LogP contribution in [0.1, 0.15) is 75.8 Å². The third kappa shape index (κ3) is 2.58. The highest BCUT2D eigenvalue weighted by molar-refractivity contribution is 5.33. The maximum atomic E-state index is 6.47. The standard InChI is InChI=1S/C18H27N/c1-17(2)11-7-14(8-12-17)15-5-3-6-16(13-15)18(19)9-4-10-18/h3,5-6,13-14H,4,7-12,19H2,1-2H3. The van der Waals surface area contributed by atoms with Crippen LogP contribution in [0.15, 0.2) is 24.3 Å². The summed E-state index contributed by atoms with van der Waals surface area (Å²) < 4.78 is 0. The van der Waals surface area contributed by atoms with E-state index in [-0.39, 0.29) is 5.54 Å². The lowest BCUT2D eigenvalue weighted by Crippen LogP contribution is -2.43. The van der Waals surface area contributed by atoms with Gasteiger partial charge in [-0.3, -0.25) is 0 Å². The summed E-state index contributed by atoms with van der Waals surface area (Å²) in [5.41, 5.74) is 9.92. The molecule has 2 aliphatic rings. The van der Waals surface area contributed by atoms with Gasteiger partial charge in [-0.25, -0.2) is 0 Å². The first-order valence-electron chi connectivity index (χ1n) is 7.88. The molecule has 2 saturated carbocycles. The molecule has 1 heteroatoms. The molecule has 19 heavy (non-hydrogen) atoms. The maximum Gasteiger partial charge on any atom is 0.0409 e. The molecule has 0 aromatic heterocycles. The van der Waals surface area contributed by atoms with Crippen LogP contribution >= 0.6 is 0 Å². The minimum Gasteiger partial charge on any atom is -0.321 e. The molecule has 104 valence electrons. The van der Waals surface area contributed by atoms with Gasteiger partial charge in [0, 0.05) is 5.54 Å². The van der Waals surface area contributed by atoms with Gasteiger partial charge in [0.25, 0.3) is 0 Å². The van der Waals surface area contributed by atoms with Crippen molar-refractivity contribution in [1.82, 2.24) is 0 Å². The highest BCUT2D eigenvalue weighted by Crippen LogP contribution is 2.44. The van der Waals surface area contributed by atoms with Gasteiger partial charge in [-0.15, -0.1) is 0 Å². The fourth-order valence-electron chi connectivity index (χ4n) is 3.68. The Hall–Kier alpha value is -0.820. The highest BCUT2D eigenvalue weighted by atomic mass is 14.8. The molecule has 0 radical (unpaired) electrons. The Kier molecular flexibility index (Phi) is 3.21. The summed E-state index contributed by atoms with van der Waals surface area (Å²) in [6, 6.07) is 9.17. The van der Waals surface area contributed by atoms with Crippen molar-refractivity contribution in [2.45, 2.75) is 70.3 Å². The predicted molar refractivity (Wildman–Crippen MR) is 81.1 cm³/mol. The normalized spacial score (nSPS) is 25.8. The van der Waals surface area contributed by atoms with E-state index in [9.17, 15) is 0 Å². The Bertz CT molecular complexity index is 447. The van der Waals surface area contributed by atoms with Crippen LogP contribution < -0.4 is 5.73 Å². The predicted octanol–water partition coefficient (Wildman–Crippen LogP) is 4.71. The van der Waals surface area contributed by atoms with E-state index in [2.05, 4.69) is 38.1 Å². The molecule has 3 rings (SSSR count). The second-order valence-electron chi connectivity index (χ2n) is 7.57. The van der Waals surface area contributed by atoms with Gasteiger partial charge >= 0.3 is 0 Å². The maximum absolute atomic E-state index is 6.47. The van der Waals surface area contributed by atoms with E-state index in [1.165, 1.54) is 43.2 Å². The van der Waals surface area contributed by atoms with E-state index in [0.717, 1.165) is 18.8 Å². The van der Waals surface area contributed by atoms with Gasteiger partial charge in [-0.2, -0.15) is 0 Å². The summed E-state index contributed by atoms with van der Waals surface area (Å²) in [5, 5.41) is 0. The second kappa shape index (κ2) is 4.63. The van der Waals surface area contributed by atoms with Gasteiger partial charge in [0.2, 0.25) is 0 Å².